The fourth-order valence-electron chi connectivity index (χ4n) is 5.24. The number of nitrogens with one attached hydrogen (secondary N) is 3. The Hall–Kier alpha value is -1.96. The lowest BCUT2D eigenvalue weighted by atomic mass is 9.70. The summed E-state index contributed by atoms with van der Waals surface area (Å²) in [4.78, 5) is 53.1. The number of likely N-dealkylation sites (N-methyl/N-ethyl adjacent to an activating group) is 2. The highest BCUT2D eigenvalue weighted by atomic mass is 16.2. The molecule has 8 heteroatoms. The summed E-state index contributed by atoms with van der Waals surface area (Å²) in [5, 5.41) is 8.56. The minimum Gasteiger partial charge on any atom is -0.350 e. The molecule has 1 heterocycles. The number of carbonyl (C=O) groups is 4. The number of likely N-dealkylation sites (tertiary alicyclic amines) is 1. The maximum atomic E-state index is 13.5. The van der Waals surface area contributed by atoms with Crippen molar-refractivity contribution in [3.05, 3.63) is 0 Å². The van der Waals surface area contributed by atoms with Crippen LogP contribution < -0.4 is 16.0 Å². The molecule has 1 saturated carbocycles. The lowest BCUT2D eigenvalue weighted by Gasteiger charge is -2.42. The van der Waals surface area contributed by atoms with Crippen LogP contribution in [0.25, 0.3) is 0 Å². The highest BCUT2D eigenvalue weighted by molar-refractivity contribution is 6.38. The molecule has 3 amide bonds. The van der Waals surface area contributed by atoms with Crippen LogP contribution in [0, 0.1) is 5.41 Å². The quantitative estimate of drug-likeness (QED) is 0.417. The molecule has 2 fully saturated rings. The van der Waals surface area contributed by atoms with Gasteiger partial charge in [0.05, 0.1) is 12.1 Å². The third-order valence-electron chi connectivity index (χ3n) is 7.11. The van der Waals surface area contributed by atoms with Gasteiger partial charge in [-0.2, -0.15) is 0 Å². The molecule has 8 nitrogen and oxygen atoms in total. The molecular formula is C24H42N4O4. The predicted molar refractivity (Wildman–Crippen MR) is 124 cm³/mol. The van der Waals surface area contributed by atoms with Crippen molar-refractivity contribution in [2.75, 3.05) is 20.1 Å². The van der Waals surface area contributed by atoms with Crippen molar-refractivity contribution in [1.29, 1.82) is 0 Å². The van der Waals surface area contributed by atoms with Crippen molar-refractivity contribution in [2.24, 2.45) is 5.41 Å². The highest BCUT2D eigenvalue weighted by Gasteiger charge is 2.45. The number of amides is 3. The van der Waals surface area contributed by atoms with Gasteiger partial charge in [-0.3, -0.25) is 19.2 Å². The van der Waals surface area contributed by atoms with Crippen LogP contribution >= 0.6 is 0 Å². The van der Waals surface area contributed by atoms with Gasteiger partial charge in [0, 0.05) is 13.1 Å². The van der Waals surface area contributed by atoms with Crippen molar-refractivity contribution in [2.45, 2.75) is 103 Å². The standard InChI is InChI=1S/C24H42N4O4/c1-5-7-12-17(19(29)22(31)26-6-2)27-21(30)18-13-11-16-28(18)23(32)20(25-4)24(3)14-9-8-10-15-24/h17-18,20,25H,5-16H2,1-4H3,(H,26,31)(H,27,30). The van der Waals surface area contributed by atoms with Crippen LogP contribution in [0.4, 0.5) is 0 Å². The summed E-state index contributed by atoms with van der Waals surface area (Å²) in [6.45, 7) is 6.81. The second-order valence-electron chi connectivity index (χ2n) is 9.55. The molecule has 2 rings (SSSR count). The van der Waals surface area contributed by atoms with E-state index in [1.54, 1.807) is 11.8 Å². The second kappa shape index (κ2) is 12.3. The van der Waals surface area contributed by atoms with Gasteiger partial charge in [-0.15, -0.1) is 0 Å². The maximum Gasteiger partial charge on any atom is 0.289 e. The van der Waals surface area contributed by atoms with Crippen LogP contribution in [0.1, 0.15) is 85.0 Å². The summed E-state index contributed by atoms with van der Waals surface area (Å²) in [7, 11) is 1.82. The summed E-state index contributed by atoms with van der Waals surface area (Å²) in [5.74, 6) is -1.66. The first-order valence-corrected chi connectivity index (χ1v) is 12.4. The molecule has 3 unspecified atom stereocenters. The van der Waals surface area contributed by atoms with E-state index in [-0.39, 0.29) is 23.3 Å². The van der Waals surface area contributed by atoms with Gasteiger partial charge < -0.3 is 20.9 Å². The zero-order chi connectivity index (χ0) is 23.7. The Morgan fingerprint density at radius 1 is 1.06 bits per heavy atom. The highest BCUT2D eigenvalue weighted by Crippen LogP contribution is 2.40. The third kappa shape index (κ3) is 6.30. The van der Waals surface area contributed by atoms with Gasteiger partial charge >= 0.3 is 0 Å². The van der Waals surface area contributed by atoms with E-state index < -0.39 is 23.8 Å². The first-order valence-electron chi connectivity index (χ1n) is 12.4. The molecule has 1 aliphatic heterocycles. The molecule has 3 N–H and O–H groups in total. The van der Waals surface area contributed by atoms with E-state index in [9.17, 15) is 19.2 Å². The van der Waals surface area contributed by atoms with Crippen LogP contribution in [0.5, 0.6) is 0 Å². The molecule has 3 atom stereocenters. The summed E-state index contributed by atoms with van der Waals surface area (Å²) in [6.07, 6.45) is 8.74. The number of Topliss-reactive ketones (excluding diaryl/α,β-unsaturated/α-hetero) is 1. The lowest BCUT2D eigenvalue weighted by Crippen LogP contribution is -2.58. The summed E-state index contributed by atoms with van der Waals surface area (Å²) >= 11 is 0. The third-order valence-corrected chi connectivity index (χ3v) is 7.11. The molecular weight excluding hydrogens is 408 g/mol. The molecule has 182 valence electrons. The minimum atomic E-state index is -0.859. The molecule has 0 aromatic carbocycles. The fraction of sp³-hybridized carbons (Fsp3) is 0.833. The zero-order valence-corrected chi connectivity index (χ0v) is 20.3. The van der Waals surface area contributed by atoms with E-state index in [2.05, 4.69) is 22.9 Å². The second-order valence-corrected chi connectivity index (χ2v) is 9.55. The number of carbonyl (C=O) groups excluding carboxylic acids is 4. The van der Waals surface area contributed by atoms with E-state index in [0.717, 1.165) is 44.9 Å². The lowest BCUT2D eigenvalue weighted by molar-refractivity contribution is -0.144. The van der Waals surface area contributed by atoms with Gasteiger partial charge in [-0.1, -0.05) is 46.0 Å². The minimum absolute atomic E-state index is 0.0327. The zero-order valence-electron chi connectivity index (χ0n) is 20.3. The first-order chi connectivity index (χ1) is 15.3. The molecule has 0 aromatic heterocycles. The van der Waals surface area contributed by atoms with E-state index >= 15 is 0 Å². The molecule has 0 aromatic rings. The van der Waals surface area contributed by atoms with E-state index in [0.29, 0.717) is 25.9 Å². The molecule has 1 saturated heterocycles. The Labute approximate surface area is 192 Å². The van der Waals surface area contributed by atoms with Gasteiger partial charge in [0.1, 0.15) is 6.04 Å². The molecule has 1 aliphatic carbocycles. The average molecular weight is 451 g/mol. The summed E-state index contributed by atoms with van der Waals surface area (Å²) in [5.41, 5.74) is -0.119. The average Bonchev–Trinajstić information content (AvgIpc) is 3.27. The van der Waals surface area contributed by atoms with Gasteiger partial charge in [0.15, 0.2) is 0 Å². The number of hydrogen-bond acceptors (Lipinski definition) is 5. The molecule has 2 aliphatic rings. The Kier molecular flexibility index (Phi) is 10.1. The van der Waals surface area contributed by atoms with Crippen LogP contribution in [-0.4, -0.2) is 66.7 Å². The summed E-state index contributed by atoms with van der Waals surface area (Å²) in [6, 6.07) is -1.79. The Morgan fingerprint density at radius 3 is 2.34 bits per heavy atom. The van der Waals surface area contributed by atoms with E-state index in [1.807, 2.05) is 14.0 Å². The SMILES string of the molecule is CCCCC(NC(=O)C1CCCN1C(=O)C(NC)C1(C)CCCCC1)C(=O)C(=O)NCC. The van der Waals surface area contributed by atoms with Crippen molar-refractivity contribution in [3.8, 4) is 0 Å². The number of ketones is 1. The largest absolute Gasteiger partial charge is 0.350 e. The number of unbranched alkanes of at least 4 members (excludes halogenated alkanes) is 1. The Balaban J connectivity index is 2.12. The molecule has 32 heavy (non-hydrogen) atoms. The normalized spacial score (nSPS) is 22.1. The van der Waals surface area contributed by atoms with Crippen molar-refractivity contribution in [1.82, 2.24) is 20.9 Å². The van der Waals surface area contributed by atoms with Gasteiger partial charge in [0.2, 0.25) is 17.6 Å². The topological polar surface area (TPSA) is 108 Å². The monoisotopic (exact) mass is 450 g/mol. The molecule has 0 radical (unpaired) electrons. The van der Waals surface area contributed by atoms with Gasteiger partial charge in [-0.05, 0) is 51.5 Å². The van der Waals surface area contributed by atoms with E-state index in [1.165, 1.54) is 6.42 Å². The smallest absolute Gasteiger partial charge is 0.289 e. The molecule has 0 spiro atoms. The number of rotatable bonds is 11. The van der Waals surface area contributed by atoms with E-state index in [4.69, 9.17) is 0 Å². The maximum absolute atomic E-state index is 13.5. The van der Waals surface area contributed by atoms with Crippen molar-refractivity contribution < 1.29 is 19.2 Å². The number of hydrogen-bond donors (Lipinski definition) is 3. The van der Waals surface area contributed by atoms with Gasteiger partial charge in [0.25, 0.3) is 5.91 Å². The van der Waals surface area contributed by atoms with Crippen LogP contribution in [0.3, 0.4) is 0 Å². The molecule has 0 bridgehead atoms. The Morgan fingerprint density at radius 2 is 1.75 bits per heavy atom. The first kappa shape index (κ1) is 26.3. The van der Waals surface area contributed by atoms with Crippen LogP contribution in [-0.2, 0) is 19.2 Å². The Bertz CT molecular complexity index is 675. The fourth-order valence-corrected chi connectivity index (χ4v) is 5.24. The van der Waals surface area contributed by atoms with Crippen LogP contribution in [0.15, 0.2) is 0 Å². The predicted octanol–water partition coefficient (Wildman–Crippen LogP) is 1.92. The van der Waals surface area contributed by atoms with Crippen molar-refractivity contribution in [3.63, 3.8) is 0 Å². The van der Waals surface area contributed by atoms with Crippen LogP contribution in [0.2, 0.25) is 0 Å². The summed E-state index contributed by atoms with van der Waals surface area (Å²) < 4.78 is 0. The van der Waals surface area contributed by atoms with Gasteiger partial charge in [-0.25, -0.2) is 0 Å². The number of nitrogens with zero attached hydrogens (tertiary/aromatic N) is 1. The van der Waals surface area contributed by atoms with Crippen molar-refractivity contribution >= 4 is 23.5 Å².